The van der Waals surface area contributed by atoms with Crippen molar-refractivity contribution in [2.24, 2.45) is 0 Å². The van der Waals surface area contributed by atoms with Crippen molar-refractivity contribution >= 4 is 5.78 Å². The van der Waals surface area contributed by atoms with Crippen LogP contribution in [-0.2, 0) is 11.3 Å². The first-order chi connectivity index (χ1) is 15.2. The fraction of sp³-hybridized carbons (Fsp3) is 0.308. The van der Waals surface area contributed by atoms with Gasteiger partial charge in [0, 0.05) is 29.9 Å². The molecule has 2 heterocycles. The molecule has 0 N–H and O–H groups in total. The highest BCUT2D eigenvalue weighted by Gasteiger charge is 2.40. The van der Waals surface area contributed by atoms with Crippen LogP contribution in [0.15, 0.2) is 65.9 Å². The summed E-state index contributed by atoms with van der Waals surface area (Å²) in [4.78, 5) is 13.0. The zero-order chi connectivity index (χ0) is 21.4. The molecule has 2 aromatic carbocycles. The minimum atomic E-state index is -0.160. The maximum atomic E-state index is 13.0. The van der Waals surface area contributed by atoms with Crippen molar-refractivity contribution < 1.29 is 14.3 Å². The van der Waals surface area contributed by atoms with Crippen molar-refractivity contribution in [3.8, 4) is 11.6 Å². The number of aryl methyl sites for hydroxylation is 1. The summed E-state index contributed by atoms with van der Waals surface area (Å²) in [5.74, 6) is 2.41. The molecule has 2 aliphatic rings. The van der Waals surface area contributed by atoms with Crippen molar-refractivity contribution in [2.45, 2.75) is 45.6 Å². The molecule has 1 aliphatic heterocycles. The van der Waals surface area contributed by atoms with Gasteiger partial charge in [-0.05, 0) is 43.5 Å². The first kappa shape index (κ1) is 19.6. The van der Waals surface area contributed by atoms with Crippen LogP contribution in [0, 0.1) is 6.92 Å². The molecule has 5 rings (SSSR count). The van der Waals surface area contributed by atoms with Crippen molar-refractivity contribution in [3.63, 3.8) is 0 Å². The van der Waals surface area contributed by atoms with Crippen molar-refractivity contribution in [2.75, 3.05) is 6.61 Å². The van der Waals surface area contributed by atoms with Gasteiger partial charge in [0.15, 0.2) is 5.78 Å². The molecular weight excluding hydrogens is 388 g/mol. The number of rotatable bonds is 5. The van der Waals surface area contributed by atoms with Crippen LogP contribution in [0.1, 0.15) is 54.5 Å². The molecule has 0 fully saturated rings. The summed E-state index contributed by atoms with van der Waals surface area (Å²) in [5.41, 5.74) is 4.92. The van der Waals surface area contributed by atoms with Gasteiger partial charge in [0.2, 0.25) is 5.88 Å². The minimum Gasteiger partial charge on any atom is -0.494 e. The Morgan fingerprint density at radius 2 is 1.87 bits per heavy atom. The molecule has 1 atom stereocenters. The normalized spacial score (nSPS) is 17.7. The largest absolute Gasteiger partial charge is 0.494 e. The Kier molecular flexibility index (Phi) is 5.10. The second-order valence-corrected chi connectivity index (χ2v) is 8.10. The lowest BCUT2D eigenvalue weighted by atomic mass is 9.77. The average molecular weight is 415 g/mol. The van der Waals surface area contributed by atoms with Crippen molar-refractivity contribution in [1.29, 1.82) is 0 Å². The summed E-state index contributed by atoms with van der Waals surface area (Å²) in [6.45, 7) is 5.23. The number of benzene rings is 2. The van der Waals surface area contributed by atoms with Gasteiger partial charge in [0.25, 0.3) is 0 Å². The van der Waals surface area contributed by atoms with Crippen LogP contribution in [0.4, 0.5) is 0 Å². The number of ether oxygens (including phenoxy) is 2. The Hall–Kier alpha value is -3.34. The molecule has 5 heteroatoms. The predicted molar refractivity (Wildman–Crippen MR) is 118 cm³/mol. The molecular formula is C26H26N2O3. The van der Waals surface area contributed by atoms with Gasteiger partial charge in [-0.3, -0.25) is 4.79 Å². The number of carbonyl (C=O) groups excluding carboxylic acids is 1. The third kappa shape index (κ3) is 3.54. The van der Waals surface area contributed by atoms with Crippen LogP contribution in [0.2, 0.25) is 0 Å². The van der Waals surface area contributed by atoms with E-state index in [1.165, 1.54) is 0 Å². The number of ketones is 1. The van der Waals surface area contributed by atoms with E-state index in [4.69, 9.17) is 14.6 Å². The number of hydrogen-bond acceptors (Lipinski definition) is 4. The van der Waals surface area contributed by atoms with Crippen LogP contribution in [0.5, 0.6) is 11.6 Å². The number of carbonyl (C=O) groups is 1. The second kappa shape index (κ2) is 8.06. The molecule has 5 nitrogen and oxygen atoms in total. The number of fused-ring (bicyclic) bond motifs is 1. The predicted octanol–water partition coefficient (Wildman–Crippen LogP) is 5.17. The lowest BCUT2D eigenvalue weighted by Crippen LogP contribution is -2.26. The topological polar surface area (TPSA) is 53.4 Å². The van der Waals surface area contributed by atoms with Crippen LogP contribution in [-0.4, -0.2) is 22.2 Å². The number of allylic oxidation sites excluding steroid dienone is 2. The van der Waals surface area contributed by atoms with Gasteiger partial charge in [0.05, 0.1) is 18.8 Å². The molecule has 0 saturated carbocycles. The molecule has 1 aromatic heterocycles. The van der Waals surface area contributed by atoms with Gasteiger partial charge in [-0.15, -0.1) is 0 Å². The maximum absolute atomic E-state index is 13.0. The fourth-order valence-electron chi connectivity index (χ4n) is 4.66. The van der Waals surface area contributed by atoms with Crippen LogP contribution in [0.3, 0.4) is 0 Å². The molecule has 31 heavy (non-hydrogen) atoms. The van der Waals surface area contributed by atoms with Gasteiger partial charge in [0.1, 0.15) is 11.5 Å². The van der Waals surface area contributed by atoms with Crippen molar-refractivity contribution in [1.82, 2.24) is 9.78 Å². The highest BCUT2D eigenvalue weighted by atomic mass is 16.5. The average Bonchev–Trinajstić information content (AvgIpc) is 3.09. The van der Waals surface area contributed by atoms with E-state index in [1.807, 2.05) is 48.9 Å². The third-order valence-electron chi connectivity index (χ3n) is 6.03. The van der Waals surface area contributed by atoms with E-state index in [1.54, 1.807) is 0 Å². The number of Topliss-reactive ketones (excluding diaryl/α,β-unsaturated/α-hetero) is 1. The van der Waals surface area contributed by atoms with Gasteiger partial charge in [-0.25, -0.2) is 4.68 Å². The second-order valence-electron chi connectivity index (χ2n) is 8.10. The van der Waals surface area contributed by atoms with E-state index in [9.17, 15) is 4.79 Å². The molecule has 0 bridgehead atoms. The molecule has 3 aromatic rings. The number of hydrogen-bond donors (Lipinski definition) is 0. The number of aromatic nitrogens is 2. The first-order valence-electron chi connectivity index (χ1n) is 10.9. The maximum Gasteiger partial charge on any atom is 0.222 e. The highest BCUT2D eigenvalue weighted by molar-refractivity contribution is 5.99. The van der Waals surface area contributed by atoms with Gasteiger partial charge in [-0.1, -0.05) is 42.5 Å². The van der Waals surface area contributed by atoms with Gasteiger partial charge >= 0.3 is 0 Å². The lowest BCUT2D eigenvalue weighted by molar-refractivity contribution is -0.116. The monoisotopic (exact) mass is 414 g/mol. The Labute approximate surface area is 182 Å². The standard InChI is InChI=1S/C26H26N2O3/c1-3-30-20-14-12-19(13-15-20)24-23-17(2)27-28(16-18-8-5-4-6-9-18)26(23)31-22-11-7-10-21(29)25(22)24/h4-6,8-9,12-15,24H,3,7,10-11,16H2,1-2H3. The molecule has 0 saturated heterocycles. The van der Waals surface area contributed by atoms with E-state index in [2.05, 4.69) is 24.3 Å². The van der Waals surface area contributed by atoms with E-state index >= 15 is 0 Å². The quantitative estimate of drug-likeness (QED) is 0.578. The van der Waals surface area contributed by atoms with E-state index in [0.29, 0.717) is 19.6 Å². The minimum absolute atomic E-state index is 0.160. The number of nitrogens with zero attached hydrogens (tertiary/aromatic N) is 2. The Morgan fingerprint density at radius 3 is 2.61 bits per heavy atom. The summed E-state index contributed by atoms with van der Waals surface area (Å²) in [5, 5.41) is 4.82. The van der Waals surface area contributed by atoms with Crippen LogP contribution >= 0.6 is 0 Å². The highest BCUT2D eigenvalue weighted by Crippen LogP contribution is 2.48. The summed E-state index contributed by atoms with van der Waals surface area (Å²) >= 11 is 0. The lowest BCUT2D eigenvalue weighted by Gasteiger charge is -2.31. The summed E-state index contributed by atoms with van der Waals surface area (Å²) in [6, 6.07) is 18.3. The van der Waals surface area contributed by atoms with Gasteiger partial charge in [-0.2, -0.15) is 5.10 Å². The molecule has 0 spiro atoms. The molecule has 1 unspecified atom stereocenters. The first-order valence-corrected chi connectivity index (χ1v) is 10.9. The Bertz CT molecular complexity index is 1140. The smallest absolute Gasteiger partial charge is 0.222 e. The SMILES string of the molecule is CCOc1ccc(C2C3=C(CCCC3=O)Oc3c2c(C)nn3Cc2ccccc2)cc1. The summed E-state index contributed by atoms with van der Waals surface area (Å²) in [7, 11) is 0. The Morgan fingerprint density at radius 1 is 1.10 bits per heavy atom. The zero-order valence-electron chi connectivity index (χ0n) is 17.9. The van der Waals surface area contributed by atoms with Gasteiger partial charge < -0.3 is 9.47 Å². The summed E-state index contributed by atoms with van der Waals surface area (Å²) < 4.78 is 13.9. The van der Waals surface area contributed by atoms with E-state index in [-0.39, 0.29) is 11.7 Å². The van der Waals surface area contributed by atoms with Crippen molar-refractivity contribution in [3.05, 3.63) is 88.3 Å². The van der Waals surface area contributed by atoms with Crippen LogP contribution < -0.4 is 9.47 Å². The molecule has 158 valence electrons. The van der Waals surface area contributed by atoms with E-state index < -0.39 is 0 Å². The zero-order valence-corrected chi connectivity index (χ0v) is 17.9. The molecule has 1 aliphatic carbocycles. The van der Waals surface area contributed by atoms with E-state index in [0.717, 1.165) is 58.2 Å². The summed E-state index contributed by atoms with van der Waals surface area (Å²) in [6.07, 6.45) is 2.18. The Balaban J connectivity index is 1.62. The molecule has 0 radical (unpaired) electrons. The molecule has 0 amide bonds. The fourth-order valence-corrected chi connectivity index (χ4v) is 4.66. The third-order valence-corrected chi connectivity index (χ3v) is 6.03. The van der Waals surface area contributed by atoms with Crippen LogP contribution in [0.25, 0.3) is 0 Å².